The summed E-state index contributed by atoms with van der Waals surface area (Å²) in [4.78, 5) is 11.3. The van der Waals surface area contributed by atoms with Gasteiger partial charge in [0.2, 0.25) is 0 Å². The summed E-state index contributed by atoms with van der Waals surface area (Å²) in [5, 5.41) is 0. The van der Waals surface area contributed by atoms with Gasteiger partial charge in [-0.2, -0.15) is 0 Å². The first-order valence-electron chi connectivity index (χ1n) is 6.92. The van der Waals surface area contributed by atoms with Crippen molar-refractivity contribution in [3.63, 3.8) is 0 Å². The summed E-state index contributed by atoms with van der Waals surface area (Å²) in [6, 6.07) is 20.5. The topological polar surface area (TPSA) is 26.3 Å². The largest absolute Gasteiger partial charge is 0.466 e. The number of hydrogen-bond acceptors (Lipinski definition) is 2. The summed E-state index contributed by atoms with van der Waals surface area (Å²) >= 11 is 0. The van der Waals surface area contributed by atoms with E-state index in [1.807, 2.05) is 42.5 Å². The quantitative estimate of drug-likeness (QED) is 0.624. The molecule has 1 aliphatic rings. The average Bonchev–Trinajstić information content (AvgIpc) is 3.28. The average molecular weight is 276 g/mol. The van der Waals surface area contributed by atoms with E-state index < -0.39 is 0 Å². The molecule has 0 aliphatic heterocycles. The number of hydrogen-bond donors (Lipinski definition) is 0. The van der Waals surface area contributed by atoms with Crippen LogP contribution in [-0.2, 0) is 9.53 Å². The molecular formula is C19H16O2. The van der Waals surface area contributed by atoms with Crippen molar-refractivity contribution in [3.05, 3.63) is 83.9 Å². The highest BCUT2D eigenvalue weighted by molar-refractivity contribution is 6.12. The third-order valence-corrected chi connectivity index (χ3v) is 3.62. The second-order valence-corrected chi connectivity index (χ2v) is 4.92. The standard InChI is InChI=1S/C19H16O2/c1-21-17(20)13-12-16-18(14-8-4-2-5-9-14)19(16)15-10-6-3-7-11-15/h2-13,16H,1H3/b13-12+. The zero-order valence-corrected chi connectivity index (χ0v) is 11.8. The molecule has 0 bridgehead atoms. The Hall–Kier alpha value is -2.61. The Balaban J connectivity index is 1.93. The van der Waals surface area contributed by atoms with Gasteiger partial charge in [-0.05, 0) is 22.3 Å². The molecule has 104 valence electrons. The highest BCUT2D eigenvalue weighted by Gasteiger charge is 2.36. The SMILES string of the molecule is COC(=O)/C=C/C1C(c2ccccc2)=C1c1ccccc1. The monoisotopic (exact) mass is 276 g/mol. The van der Waals surface area contributed by atoms with Crippen molar-refractivity contribution in [1.29, 1.82) is 0 Å². The van der Waals surface area contributed by atoms with E-state index in [0.717, 1.165) is 0 Å². The Morgan fingerprint density at radius 3 is 1.81 bits per heavy atom. The smallest absolute Gasteiger partial charge is 0.330 e. The highest BCUT2D eigenvalue weighted by Crippen LogP contribution is 2.53. The number of methoxy groups -OCH3 is 1. The Kier molecular flexibility index (Phi) is 3.69. The number of carbonyl (C=O) groups is 1. The maximum Gasteiger partial charge on any atom is 0.330 e. The van der Waals surface area contributed by atoms with E-state index >= 15 is 0 Å². The van der Waals surface area contributed by atoms with Crippen LogP contribution in [0.15, 0.2) is 72.8 Å². The molecule has 0 heterocycles. The van der Waals surface area contributed by atoms with Gasteiger partial charge >= 0.3 is 5.97 Å². The fraction of sp³-hybridized carbons (Fsp3) is 0.105. The summed E-state index contributed by atoms with van der Waals surface area (Å²) in [5.41, 5.74) is 4.97. The molecule has 0 amide bonds. The second-order valence-electron chi connectivity index (χ2n) is 4.92. The van der Waals surface area contributed by atoms with Crippen molar-refractivity contribution in [2.24, 2.45) is 5.92 Å². The van der Waals surface area contributed by atoms with Crippen LogP contribution in [0.1, 0.15) is 11.1 Å². The van der Waals surface area contributed by atoms with Gasteiger partial charge in [0, 0.05) is 12.0 Å². The summed E-state index contributed by atoms with van der Waals surface area (Å²) in [5.74, 6) is -0.129. The van der Waals surface area contributed by atoms with E-state index in [-0.39, 0.29) is 11.9 Å². The van der Waals surface area contributed by atoms with Crippen molar-refractivity contribution < 1.29 is 9.53 Å². The first-order chi connectivity index (χ1) is 10.3. The molecule has 0 N–H and O–H groups in total. The van der Waals surface area contributed by atoms with Crippen LogP contribution in [0.2, 0.25) is 0 Å². The molecule has 0 atom stereocenters. The Morgan fingerprint density at radius 1 is 0.905 bits per heavy atom. The predicted octanol–water partition coefficient (Wildman–Crippen LogP) is 3.96. The molecule has 2 aromatic rings. The third kappa shape index (κ3) is 2.79. The first-order valence-corrected chi connectivity index (χ1v) is 6.92. The number of carbonyl (C=O) groups excluding carboxylic acids is 1. The molecule has 0 saturated heterocycles. The van der Waals surface area contributed by atoms with Gasteiger partial charge in [0.05, 0.1) is 7.11 Å². The molecule has 0 radical (unpaired) electrons. The number of ether oxygens (including phenoxy) is 1. The predicted molar refractivity (Wildman–Crippen MR) is 84.3 cm³/mol. The lowest BCUT2D eigenvalue weighted by Crippen LogP contribution is -1.94. The van der Waals surface area contributed by atoms with Gasteiger partial charge < -0.3 is 4.74 Å². The van der Waals surface area contributed by atoms with Gasteiger partial charge in [-0.3, -0.25) is 0 Å². The third-order valence-electron chi connectivity index (χ3n) is 3.62. The van der Waals surface area contributed by atoms with E-state index in [1.54, 1.807) is 0 Å². The Morgan fingerprint density at radius 2 is 1.38 bits per heavy atom. The second kappa shape index (κ2) is 5.80. The zero-order chi connectivity index (χ0) is 14.7. The number of rotatable bonds is 4. The van der Waals surface area contributed by atoms with Gasteiger partial charge in [0.15, 0.2) is 0 Å². The Bertz CT molecular complexity index is 647. The molecule has 0 unspecified atom stereocenters. The molecule has 0 aromatic heterocycles. The van der Waals surface area contributed by atoms with Gasteiger partial charge in [-0.25, -0.2) is 4.79 Å². The Labute approximate surface area is 124 Å². The highest BCUT2D eigenvalue weighted by atomic mass is 16.5. The van der Waals surface area contributed by atoms with Crippen molar-refractivity contribution in [2.75, 3.05) is 7.11 Å². The molecule has 21 heavy (non-hydrogen) atoms. The van der Waals surface area contributed by atoms with Gasteiger partial charge in [-0.15, -0.1) is 0 Å². The van der Waals surface area contributed by atoms with Crippen molar-refractivity contribution in [1.82, 2.24) is 0 Å². The number of benzene rings is 2. The number of allylic oxidation sites excluding steroid dienone is 3. The van der Waals surface area contributed by atoms with Crippen LogP contribution in [0.25, 0.3) is 11.1 Å². The lowest BCUT2D eigenvalue weighted by Gasteiger charge is -1.96. The van der Waals surface area contributed by atoms with Gasteiger partial charge in [-0.1, -0.05) is 66.7 Å². The molecule has 0 spiro atoms. The fourth-order valence-corrected chi connectivity index (χ4v) is 2.58. The van der Waals surface area contributed by atoms with Crippen LogP contribution in [-0.4, -0.2) is 13.1 Å². The van der Waals surface area contributed by atoms with Crippen LogP contribution in [0, 0.1) is 5.92 Å². The van der Waals surface area contributed by atoms with Gasteiger partial charge in [0.1, 0.15) is 0 Å². The minimum absolute atomic E-state index is 0.189. The van der Waals surface area contributed by atoms with E-state index in [9.17, 15) is 4.79 Å². The molecular weight excluding hydrogens is 260 g/mol. The normalized spacial score (nSPS) is 14.5. The first kappa shape index (κ1) is 13.4. The lowest BCUT2D eigenvalue weighted by atomic mass is 10.1. The number of esters is 1. The molecule has 3 rings (SSSR count). The lowest BCUT2D eigenvalue weighted by molar-refractivity contribution is -0.134. The van der Waals surface area contributed by atoms with Crippen LogP contribution >= 0.6 is 0 Å². The summed E-state index contributed by atoms with van der Waals surface area (Å²) in [6.45, 7) is 0. The molecule has 2 aromatic carbocycles. The van der Waals surface area contributed by atoms with Crippen LogP contribution in [0.3, 0.4) is 0 Å². The zero-order valence-electron chi connectivity index (χ0n) is 11.8. The van der Waals surface area contributed by atoms with Crippen LogP contribution in [0.5, 0.6) is 0 Å². The van der Waals surface area contributed by atoms with Gasteiger partial charge in [0.25, 0.3) is 0 Å². The minimum Gasteiger partial charge on any atom is -0.466 e. The van der Waals surface area contributed by atoms with Crippen LogP contribution in [0.4, 0.5) is 0 Å². The molecule has 2 heteroatoms. The van der Waals surface area contributed by atoms with Crippen molar-refractivity contribution in [3.8, 4) is 0 Å². The molecule has 0 saturated carbocycles. The molecule has 2 nitrogen and oxygen atoms in total. The summed E-state index contributed by atoms with van der Waals surface area (Å²) < 4.78 is 4.67. The maximum absolute atomic E-state index is 11.3. The van der Waals surface area contributed by atoms with Crippen LogP contribution < -0.4 is 0 Å². The van der Waals surface area contributed by atoms with Crippen molar-refractivity contribution >= 4 is 17.1 Å². The van der Waals surface area contributed by atoms with E-state index in [0.29, 0.717) is 0 Å². The minimum atomic E-state index is -0.318. The van der Waals surface area contributed by atoms with E-state index in [1.165, 1.54) is 35.5 Å². The van der Waals surface area contributed by atoms with E-state index in [2.05, 4.69) is 29.0 Å². The van der Waals surface area contributed by atoms with E-state index in [4.69, 9.17) is 0 Å². The molecule has 0 fully saturated rings. The summed E-state index contributed by atoms with van der Waals surface area (Å²) in [6.07, 6.45) is 3.42. The maximum atomic E-state index is 11.3. The summed E-state index contributed by atoms with van der Waals surface area (Å²) in [7, 11) is 1.39. The fourth-order valence-electron chi connectivity index (χ4n) is 2.58. The van der Waals surface area contributed by atoms with Crippen molar-refractivity contribution in [2.45, 2.75) is 0 Å². The molecule has 1 aliphatic carbocycles.